The van der Waals surface area contributed by atoms with Crippen molar-refractivity contribution in [1.82, 2.24) is 5.06 Å². The van der Waals surface area contributed by atoms with E-state index in [1.54, 1.807) is 5.06 Å². The molecule has 0 saturated heterocycles. The van der Waals surface area contributed by atoms with E-state index in [0.29, 0.717) is 6.42 Å². The van der Waals surface area contributed by atoms with E-state index in [4.69, 9.17) is 4.84 Å². The summed E-state index contributed by atoms with van der Waals surface area (Å²) < 4.78 is 0. The molecule has 0 bridgehead atoms. The van der Waals surface area contributed by atoms with Gasteiger partial charge in [0, 0.05) is 5.92 Å². The molecule has 0 fully saturated rings. The molecule has 2 aromatic rings. The summed E-state index contributed by atoms with van der Waals surface area (Å²) in [6.45, 7) is 12.0. The molecule has 2 aromatic carbocycles. The first kappa shape index (κ1) is 20.2. The van der Waals surface area contributed by atoms with Gasteiger partial charge in [0.2, 0.25) is 5.91 Å². The first-order valence-corrected chi connectivity index (χ1v) is 9.30. The van der Waals surface area contributed by atoms with Crippen LogP contribution in [0.4, 0.5) is 0 Å². The number of hydrogen-bond donors (Lipinski definition) is 0. The topological polar surface area (TPSA) is 29.5 Å². The molecule has 0 aliphatic carbocycles. The normalized spacial score (nSPS) is 13.9. The average molecular weight is 354 g/mol. The zero-order valence-electron chi connectivity index (χ0n) is 16.8. The molecule has 0 aliphatic rings. The van der Waals surface area contributed by atoms with E-state index in [0.717, 1.165) is 16.7 Å². The van der Waals surface area contributed by atoms with Crippen molar-refractivity contribution in [3.63, 3.8) is 0 Å². The van der Waals surface area contributed by atoms with E-state index in [2.05, 4.69) is 31.2 Å². The van der Waals surface area contributed by atoms with Crippen LogP contribution in [0.3, 0.4) is 0 Å². The molecular weight excluding hydrogens is 322 g/mol. The zero-order chi connectivity index (χ0) is 19.3. The quantitative estimate of drug-likeness (QED) is 0.642. The Morgan fingerprint density at radius 1 is 1.00 bits per heavy atom. The Morgan fingerprint density at radius 3 is 2.15 bits per heavy atom. The summed E-state index contributed by atoms with van der Waals surface area (Å²) in [6, 6.07) is 18.1. The van der Waals surface area contributed by atoms with Crippen LogP contribution in [-0.2, 0) is 16.1 Å². The molecule has 0 heterocycles. The fourth-order valence-electron chi connectivity index (χ4n) is 3.06. The highest BCUT2D eigenvalue weighted by Crippen LogP contribution is 2.28. The van der Waals surface area contributed by atoms with Crippen molar-refractivity contribution < 1.29 is 9.63 Å². The Labute approximate surface area is 157 Å². The van der Waals surface area contributed by atoms with Crippen LogP contribution in [0, 0.1) is 12.8 Å². The third-order valence-corrected chi connectivity index (χ3v) is 4.39. The van der Waals surface area contributed by atoms with Gasteiger partial charge in [0.25, 0.3) is 0 Å². The van der Waals surface area contributed by atoms with Crippen LogP contribution >= 0.6 is 0 Å². The maximum atomic E-state index is 13.3. The molecule has 2 atom stereocenters. The van der Waals surface area contributed by atoms with E-state index in [-0.39, 0.29) is 17.9 Å². The number of hydroxylamine groups is 2. The van der Waals surface area contributed by atoms with Gasteiger partial charge in [-0.15, -0.1) is 0 Å². The summed E-state index contributed by atoms with van der Waals surface area (Å²) in [6.07, 6.45) is 0.699. The second-order valence-electron chi connectivity index (χ2n) is 7.99. The molecule has 0 aromatic heterocycles. The number of nitrogens with zero attached hydrogens (tertiary/aromatic N) is 1. The number of rotatable bonds is 6. The monoisotopic (exact) mass is 353 g/mol. The Kier molecular flexibility index (Phi) is 6.60. The van der Waals surface area contributed by atoms with Crippen LogP contribution < -0.4 is 0 Å². The average Bonchev–Trinajstić information content (AvgIpc) is 2.59. The second-order valence-corrected chi connectivity index (χ2v) is 7.99. The van der Waals surface area contributed by atoms with Gasteiger partial charge >= 0.3 is 0 Å². The standard InChI is InChI=1S/C23H31NO2/c1-17-12-10-11-15-21(17)19(3)24(26-23(4,5)6)22(25)18(2)16-20-13-8-7-9-14-20/h7-15,18-19H,16H2,1-6H3/t18-,19+/m0/s1. The fourth-order valence-corrected chi connectivity index (χ4v) is 3.06. The van der Waals surface area contributed by atoms with E-state index in [1.807, 2.05) is 65.0 Å². The van der Waals surface area contributed by atoms with Crippen LogP contribution in [0.1, 0.15) is 57.4 Å². The minimum atomic E-state index is -0.445. The number of hydrogen-bond acceptors (Lipinski definition) is 2. The summed E-state index contributed by atoms with van der Waals surface area (Å²) in [5, 5.41) is 1.58. The summed E-state index contributed by atoms with van der Waals surface area (Å²) in [5.74, 6) is -0.147. The van der Waals surface area contributed by atoms with Crippen molar-refractivity contribution >= 4 is 5.91 Å². The molecule has 2 rings (SSSR count). The van der Waals surface area contributed by atoms with Crippen LogP contribution in [-0.4, -0.2) is 16.6 Å². The number of carbonyl (C=O) groups is 1. The van der Waals surface area contributed by atoms with Gasteiger partial charge < -0.3 is 0 Å². The predicted octanol–water partition coefficient (Wildman–Crippen LogP) is 5.49. The molecule has 1 amide bonds. The third-order valence-electron chi connectivity index (χ3n) is 4.39. The van der Waals surface area contributed by atoms with Crippen LogP contribution in [0.2, 0.25) is 0 Å². The molecule has 0 spiro atoms. The SMILES string of the molecule is Cc1ccccc1[C@@H](C)N(OC(C)(C)C)C(=O)[C@@H](C)Cc1ccccc1. The highest BCUT2D eigenvalue weighted by molar-refractivity contribution is 5.78. The Bertz CT molecular complexity index is 718. The second kappa shape index (κ2) is 8.50. The summed E-state index contributed by atoms with van der Waals surface area (Å²) in [5.41, 5.74) is 2.98. The van der Waals surface area contributed by atoms with Crippen molar-refractivity contribution in [2.75, 3.05) is 0 Å². The first-order valence-electron chi connectivity index (χ1n) is 9.30. The highest BCUT2D eigenvalue weighted by Gasteiger charge is 2.31. The van der Waals surface area contributed by atoms with E-state index >= 15 is 0 Å². The molecule has 140 valence electrons. The van der Waals surface area contributed by atoms with Gasteiger partial charge in [-0.1, -0.05) is 61.5 Å². The predicted molar refractivity (Wildman–Crippen MR) is 107 cm³/mol. The van der Waals surface area contributed by atoms with Crippen molar-refractivity contribution in [1.29, 1.82) is 0 Å². The van der Waals surface area contributed by atoms with Gasteiger partial charge in [-0.05, 0) is 57.7 Å². The minimum absolute atomic E-state index is 0.0135. The lowest BCUT2D eigenvalue weighted by Crippen LogP contribution is -2.43. The Hall–Kier alpha value is -2.13. The minimum Gasteiger partial charge on any atom is -0.272 e. The molecule has 3 nitrogen and oxygen atoms in total. The maximum Gasteiger partial charge on any atom is 0.249 e. The van der Waals surface area contributed by atoms with Gasteiger partial charge in [-0.3, -0.25) is 9.63 Å². The molecule has 0 unspecified atom stereocenters. The van der Waals surface area contributed by atoms with Crippen molar-refractivity contribution in [2.45, 2.75) is 59.6 Å². The number of carbonyl (C=O) groups excluding carboxylic acids is 1. The maximum absolute atomic E-state index is 13.3. The molecule has 0 saturated carbocycles. The Balaban J connectivity index is 2.25. The smallest absolute Gasteiger partial charge is 0.249 e. The van der Waals surface area contributed by atoms with Gasteiger partial charge in [-0.25, -0.2) is 5.06 Å². The van der Waals surface area contributed by atoms with Crippen LogP contribution in [0.25, 0.3) is 0 Å². The largest absolute Gasteiger partial charge is 0.272 e. The van der Waals surface area contributed by atoms with E-state index in [9.17, 15) is 4.79 Å². The van der Waals surface area contributed by atoms with Gasteiger partial charge in [0.05, 0.1) is 11.6 Å². The molecule has 26 heavy (non-hydrogen) atoms. The molecular formula is C23H31NO2. The number of benzene rings is 2. The van der Waals surface area contributed by atoms with Crippen molar-refractivity contribution in [3.8, 4) is 0 Å². The summed E-state index contributed by atoms with van der Waals surface area (Å²) >= 11 is 0. The first-order chi connectivity index (χ1) is 12.2. The molecule has 3 heteroatoms. The lowest BCUT2D eigenvalue weighted by atomic mass is 9.98. The summed E-state index contributed by atoms with van der Waals surface area (Å²) in [4.78, 5) is 19.4. The molecule has 0 radical (unpaired) electrons. The van der Waals surface area contributed by atoms with Crippen molar-refractivity contribution in [3.05, 3.63) is 71.3 Å². The van der Waals surface area contributed by atoms with Crippen LogP contribution in [0.15, 0.2) is 54.6 Å². The number of amides is 1. The lowest BCUT2D eigenvalue weighted by molar-refractivity contribution is -0.245. The molecule has 0 aliphatic heterocycles. The zero-order valence-corrected chi connectivity index (χ0v) is 16.8. The summed E-state index contributed by atoms with van der Waals surface area (Å²) in [7, 11) is 0. The van der Waals surface area contributed by atoms with Gasteiger partial charge in [0.1, 0.15) is 0 Å². The van der Waals surface area contributed by atoms with Crippen LogP contribution in [0.5, 0.6) is 0 Å². The third kappa shape index (κ3) is 5.43. The van der Waals surface area contributed by atoms with Gasteiger partial charge in [-0.2, -0.15) is 0 Å². The van der Waals surface area contributed by atoms with E-state index < -0.39 is 5.60 Å². The number of aryl methyl sites for hydroxylation is 1. The lowest BCUT2D eigenvalue weighted by Gasteiger charge is -2.36. The fraction of sp³-hybridized carbons (Fsp3) is 0.435. The van der Waals surface area contributed by atoms with E-state index in [1.165, 1.54) is 0 Å². The van der Waals surface area contributed by atoms with Crippen molar-refractivity contribution in [2.24, 2.45) is 5.92 Å². The highest BCUT2D eigenvalue weighted by atomic mass is 16.7. The molecule has 0 N–H and O–H groups in total. The van der Waals surface area contributed by atoms with Gasteiger partial charge in [0.15, 0.2) is 0 Å². The Morgan fingerprint density at radius 2 is 1.58 bits per heavy atom.